The second-order valence-corrected chi connectivity index (χ2v) is 8.03. The Bertz CT molecular complexity index is 761. The van der Waals surface area contributed by atoms with Gasteiger partial charge in [0.05, 0.1) is 12.5 Å². The highest BCUT2D eigenvalue weighted by Crippen LogP contribution is 2.07. The van der Waals surface area contributed by atoms with Crippen LogP contribution in [0.1, 0.15) is 39.5 Å². The number of carbonyl (C=O) groups is 5. The predicted molar refractivity (Wildman–Crippen MR) is 127 cm³/mol. The van der Waals surface area contributed by atoms with Gasteiger partial charge in [-0.1, -0.05) is 20.3 Å². The van der Waals surface area contributed by atoms with E-state index in [-0.39, 0.29) is 30.6 Å². The Hall–Kier alpha value is -3.07. The Kier molecular flexibility index (Phi) is 14.3. The van der Waals surface area contributed by atoms with Crippen LogP contribution in [0.3, 0.4) is 0 Å². The van der Waals surface area contributed by atoms with E-state index in [1.165, 1.54) is 0 Å². The molecule has 14 nitrogen and oxygen atoms in total. The van der Waals surface area contributed by atoms with Crippen LogP contribution in [0.25, 0.3) is 0 Å². The number of aliphatic imine (C=N–C) groups is 1. The van der Waals surface area contributed by atoms with Gasteiger partial charge >= 0.3 is 11.9 Å². The lowest BCUT2D eigenvalue weighted by atomic mass is 9.98. The Morgan fingerprint density at radius 2 is 1.47 bits per heavy atom. The molecule has 0 aromatic rings. The van der Waals surface area contributed by atoms with E-state index in [9.17, 15) is 24.0 Å². The molecule has 0 aliphatic rings. The largest absolute Gasteiger partial charge is 0.481 e. The number of amides is 3. The molecule has 0 aliphatic carbocycles. The lowest BCUT2D eigenvalue weighted by Gasteiger charge is -2.25. The lowest BCUT2D eigenvalue weighted by molar-refractivity contribution is -0.147. The second-order valence-electron chi connectivity index (χ2n) is 7.66. The molecular weight excluding hydrogens is 470 g/mol. The standard InChI is InChI=1S/C19H35N7O7S/c1-3-9(2)14(20)17(31)24-10(5-4-6-23-19(21)22)15(29)26-12(8-34)16(30)25-11(18(32)33)7-13(27)28/h9-12,14,34H,3-8,20H2,1-2H3,(H,24,31)(H,25,30)(H,26,29)(H,27,28)(H,32,33)(H4,21,22,23). The van der Waals surface area contributed by atoms with Gasteiger partial charge in [0, 0.05) is 12.3 Å². The van der Waals surface area contributed by atoms with E-state index in [0.29, 0.717) is 12.8 Å². The number of carboxylic acid groups (broad SMARTS) is 2. The Morgan fingerprint density at radius 1 is 0.941 bits per heavy atom. The highest BCUT2D eigenvalue weighted by molar-refractivity contribution is 7.80. The SMILES string of the molecule is CCC(C)C(N)C(=O)NC(CCCN=C(N)N)C(=O)NC(CS)C(=O)NC(CC(=O)O)C(=O)O. The summed E-state index contributed by atoms with van der Waals surface area (Å²) < 4.78 is 0. The maximum absolute atomic E-state index is 12.9. The number of carbonyl (C=O) groups excluding carboxylic acids is 3. The average Bonchev–Trinajstić information content (AvgIpc) is 2.76. The van der Waals surface area contributed by atoms with Crippen LogP contribution >= 0.6 is 12.6 Å². The van der Waals surface area contributed by atoms with E-state index >= 15 is 0 Å². The summed E-state index contributed by atoms with van der Waals surface area (Å²) in [6.07, 6.45) is 0.204. The van der Waals surface area contributed by atoms with Crippen molar-refractivity contribution in [2.45, 2.75) is 63.7 Å². The zero-order valence-electron chi connectivity index (χ0n) is 19.2. The van der Waals surface area contributed by atoms with E-state index in [4.69, 9.17) is 27.4 Å². The molecule has 5 unspecified atom stereocenters. The molecule has 0 aromatic heterocycles. The minimum absolute atomic E-state index is 0.110. The van der Waals surface area contributed by atoms with E-state index < -0.39 is 60.2 Å². The molecule has 3 amide bonds. The first kappa shape index (κ1) is 30.9. The first-order valence-electron chi connectivity index (χ1n) is 10.6. The number of rotatable bonds is 16. The second kappa shape index (κ2) is 15.7. The quantitative estimate of drug-likeness (QED) is 0.0456. The van der Waals surface area contributed by atoms with Crippen LogP contribution in [-0.4, -0.2) is 82.3 Å². The first-order valence-corrected chi connectivity index (χ1v) is 11.2. The molecule has 15 heteroatoms. The van der Waals surface area contributed by atoms with Crippen LogP contribution < -0.4 is 33.2 Å². The van der Waals surface area contributed by atoms with E-state index in [1.807, 2.05) is 6.92 Å². The van der Waals surface area contributed by atoms with Gasteiger partial charge in [0.2, 0.25) is 17.7 Å². The summed E-state index contributed by atoms with van der Waals surface area (Å²) >= 11 is 4.00. The maximum Gasteiger partial charge on any atom is 0.326 e. The molecule has 0 aromatic carbocycles. The number of thiol groups is 1. The van der Waals surface area contributed by atoms with E-state index in [2.05, 4.69) is 33.6 Å². The van der Waals surface area contributed by atoms with Crippen LogP contribution in [0.4, 0.5) is 0 Å². The first-order chi connectivity index (χ1) is 15.8. The molecule has 0 saturated carbocycles. The highest BCUT2D eigenvalue weighted by Gasteiger charge is 2.31. The number of nitrogens with one attached hydrogen (secondary N) is 3. The van der Waals surface area contributed by atoms with Crippen molar-refractivity contribution in [1.29, 1.82) is 0 Å². The number of aliphatic carboxylic acids is 2. The van der Waals surface area contributed by atoms with Crippen molar-refractivity contribution >= 4 is 48.2 Å². The zero-order chi connectivity index (χ0) is 26.4. The number of nitrogens with two attached hydrogens (primary N) is 3. The van der Waals surface area contributed by atoms with Gasteiger partial charge in [-0.2, -0.15) is 12.6 Å². The Morgan fingerprint density at radius 3 is 1.94 bits per heavy atom. The number of guanidine groups is 1. The van der Waals surface area contributed by atoms with Gasteiger partial charge in [-0.25, -0.2) is 4.79 Å². The van der Waals surface area contributed by atoms with Crippen LogP contribution in [0.15, 0.2) is 4.99 Å². The Balaban J connectivity index is 5.41. The maximum atomic E-state index is 12.9. The molecule has 0 spiro atoms. The summed E-state index contributed by atoms with van der Waals surface area (Å²) in [6.45, 7) is 3.84. The molecule has 0 aliphatic heterocycles. The number of hydrogen-bond donors (Lipinski definition) is 9. The van der Waals surface area contributed by atoms with Crippen LogP contribution in [0.5, 0.6) is 0 Å². The molecule has 0 bridgehead atoms. The van der Waals surface area contributed by atoms with Gasteiger partial charge in [-0.3, -0.25) is 24.2 Å². The third-order valence-electron chi connectivity index (χ3n) is 4.95. The van der Waals surface area contributed by atoms with Crippen LogP contribution in [0.2, 0.25) is 0 Å². The van der Waals surface area contributed by atoms with E-state index in [0.717, 1.165) is 0 Å². The summed E-state index contributed by atoms with van der Waals surface area (Å²) in [5, 5.41) is 24.9. The fraction of sp³-hybridized carbons (Fsp3) is 0.684. The van der Waals surface area contributed by atoms with Crippen molar-refractivity contribution in [3.05, 3.63) is 0 Å². The monoisotopic (exact) mass is 505 g/mol. The van der Waals surface area contributed by atoms with Crippen molar-refractivity contribution < 1.29 is 34.2 Å². The van der Waals surface area contributed by atoms with Crippen molar-refractivity contribution in [2.75, 3.05) is 12.3 Å². The van der Waals surface area contributed by atoms with Crippen molar-refractivity contribution in [3.8, 4) is 0 Å². The highest BCUT2D eigenvalue weighted by atomic mass is 32.1. The molecule has 0 heterocycles. The average molecular weight is 506 g/mol. The smallest absolute Gasteiger partial charge is 0.326 e. The summed E-state index contributed by atoms with van der Waals surface area (Å²) in [7, 11) is 0. The van der Waals surface area contributed by atoms with Crippen molar-refractivity contribution in [3.63, 3.8) is 0 Å². The molecule has 0 fully saturated rings. The minimum atomic E-state index is -1.70. The number of carboxylic acids is 2. The minimum Gasteiger partial charge on any atom is -0.481 e. The third-order valence-corrected chi connectivity index (χ3v) is 5.31. The molecular formula is C19H35N7O7S. The Labute approximate surface area is 202 Å². The zero-order valence-corrected chi connectivity index (χ0v) is 20.1. The third kappa shape index (κ3) is 11.7. The molecule has 5 atom stereocenters. The molecule has 0 radical (unpaired) electrons. The summed E-state index contributed by atoms with van der Waals surface area (Å²) in [6, 6.07) is -4.96. The fourth-order valence-electron chi connectivity index (χ4n) is 2.67. The summed E-state index contributed by atoms with van der Waals surface area (Å²) in [5.41, 5.74) is 16.5. The number of hydrogen-bond acceptors (Lipinski definition) is 8. The van der Waals surface area contributed by atoms with Gasteiger partial charge < -0.3 is 43.4 Å². The predicted octanol–water partition coefficient (Wildman–Crippen LogP) is -2.64. The van der Waals surface area contributed by atoms with Gasteiger partial charge in [0.1, 0.15) is 18.1 Å². The van der Waals surface area contributed by atoms with Crippen LogP contribution in [0, 0.1) is 5.92 Å². The van der Waals surface area contributed by atoms with Gasteiger partial charge in [-0.15, -0.1) is 0 Å². The topological polar surface area (TPSA) is 252 Å². The molecule has 0 rings (SSSR count). The van der Waals surface area contributed by atoms with Gasteiger partial charge in [-0.05, 0) is 18.8 Å². The lowest BCUT2D eigenvalue weighted by Crippen LogP contribution is -2.58. The molecule has 34 heavy (non-hydrogen) atoms. The van der Waals surface area contributed by atoms with Gasteiger partial charge in [0.15, 0.2) is 5.96 Å². The normalized spacial score (nSPS) is 15.1. The van der Waals surface area contributed by atoms with Gasteiger partial charge in [0.25, 0.3) is 0 Å². The summed E-state index contributed by atoms with van der Waals surface area (Å²) in [5.74, 6) is -5.74. The molecule has 194 valence electrons. The summed E-state index contributed by atoms with van der Waals surface area (Å²) in [4.78, 5) is 63.6. The van der Waals surface area contributed by atoms with Crippen molar-refractivity contribution in [2.24, 2.45) is 28.1 Å². The van der Waals surface area contributed by atoms with Crippen LogP contribution in [-0.2, 0) is 24.0 Å². The number of nitrogens with zero attached hydrogens (tertiary/aromatic N) is 1. The fourth-order valence-corrected chi connectivity index (χ4v) is 2.92. The van der Waals surface area contributed by atoms with Crippen molar-refractivity contribution in [1.82, 2.24) is 16.0 Å². The van der Waals surface area contributed by atoms with E-state index in [1.54, 1.807) is 6.92 Å². The molecule has 11 N–H and O–H groups in total. The molecule has 0 saturated heterocycles.